The number of hydrogen-bond donors (Lipinski definition) is 2. The fraction of sp³-hybridized carbons (Fsp3) is 0.312. The normalized spacial score (nSPS) is 10.2. The second-order valence-electron chi connectivity index (χ2n) is 4.73. The van der Waals surface area contributed by atoms with Crippen molar-refractivity contribution in [3.8, 4) is 0 Å². The molecular weight excluding hydrogens is 280 g/mol. The number of amides is 1. The highest BCUT2D eigenvalue weighted by atomic mass is 16.5. The molecule has 6 heteroatoms. The van der Waals surface area contributed by atoms with Gasteiger partial charge in [-0.05, 0) is 12.0 Å². The first kappa shape index (κ1) is 15.9. The highest BCUT2D eigenvalue weighted by Gasteiger charge is 2.07. The van der Waals surface area contributed by atoms with Gasteiger partial charge < -0.3 is 15.4 Å². The number of carbonyl (C=O) groups is 1. The zero-order valence-corrected chi connectivity index (χ0v) is 12.6. The maximum Gasteiger partial charge on any atom is 0.271 e. The van der Waals surface area contributed by atoms with E-state index >= 15 is 0 Å². The Morgan fingerprint density at radius 1 is 1.18 bits per heavy atom. The second-order valence-corrected chi connectivity index (χ2v) is 4.73. The quantitative estimate of drug-likeness (QED) is 0.728. The van der Waals surface area contributed by atoms with Crippen LogP contribution < -0.4 is 10.6 Å². The van der Waals surface area contributed by atoms with E-state index in [1.807, 2.05) is 30.3 Å². The minimum Gasteiger partial charge on any atom is -0.385 e. The van der Waals surface area contributed by atoms with Crippen LogP contribution in [0, 0.1) is 0 Å². The Bertz CT molecular complexity index is 572. The number of anilines is 1. The summed E-state index contributed by atoms with van der Waals surface area (Å²) in [5.41, 5.74) is 1.35. The van der Waals surface area contributed by atoms with Crippen molar-refractivity contribution in [3.63, 3.8) is 0 Å². The minimum absolute atomic E-state index is 0.234. The molecule has 2 aromatic rings. The van der Waals surface area contributed by atoms with E-state index in [4.69, 9.17) is 4.74 Å². The van der Waals surface area contributed by atoms with Crippen LogP contribution in [0.2, 0.25) is 0 Å². The summed E-state index contributed by atoms with van der Waals surface area (Å²) in [6, 6.07) is 9.73. The van der Waals surface area contributed by atoms with Gasteiger partial charge in [0.15, 0.2) is 0 Å². The van der Waals surface area contributed by atoms with Crippen molar-refractivity contribution in [2.45, 2.75) is 13.0 Å². The number of ether oxygens (including phenoxy) is 1. The van der Waals surface area contributed by atoms with Gasteiger partial charge in [-0.25, -0.2) is 9.97 Å². The summed E-state index contributed by atoms with van der Waals surface area (Å²) in [7, 11) is 1.67. The van der Waals surface area contributed by atoms with Gasteiger partial charge in [0.05, 0.1) is 12.4 Å². The van der Waals surface area contributed by atoms with Crippen molar-refractivity contribution < 1.29 is 9.53 Å². The van der Waals surface area contributed by atoms with Crippen molar-refractivity contribution in [3.05, 3.63) is 54.0 Å². The maximum atomic E-state index is 12.0. The Hall–Kier alpha value is -2.47. The number of nitrogens with one attached hydrogen (secondary N) is 2. The predicted octanol–water partition coefficient (Wildman–Crippen LogP) is 1.85. The Morgan fingerprint density at radius 3 is 2.68 bits per heavy atom. The molecule has 0 saturated carbocycles. The smallest absolute Gasteiger partial charge is 0.271 e. The van der Waals surface area contributed by atoms with Crippen molar-refractivity contribution in [2.75, 3.05) is 25.6 Å². The standard InChI is InChI=1S/C16H20N4O2/c1-22-9-5-8-17-15-12-18-14(11-19-15)16(21)20-10-13-6-3-2-4-7-13/h2-4,6-7,11-12H,5,8-10H2,1H3,(H,17,19)(H,20,21). The average molecular weight is 300 g/mol. The minimum atomic E-state index is -0.234. The molecule has 0 radical (unpaired) electrons. The molecule has 1 heterocycles. The van der Waals surface area contributed by atoms with E-state index in [9.17, 15) is 4.79 Å². The highest BCUT2D eigenvalue weighted by molar-refractivity contribution is 5.91. The van der Waals surface area contributed by atoms with Crippen molar-refractivity contribution in [2.24, 2.45) is 0 Å². The third-order valence-corrected chi connectivity index (χ3v) is 3.01. The molecule has 0 aliphatic rings. The van der Waals surface area contributed by atoms with Gasteiger partial charge in [0, 0.05) is 26.8 Å². The lowest BCUT2D eigenvalue weighted by Crippen LogP contribution is -2.24. The lowest BCUT2D eigenvalue weighted by molar-refractivity contribution is 0.0945. The van der Waals surface area contributed by atoms with Crippen LogP contribution in [-0.2, 0) is 11.3 Å². The molecule has 0 unspecified atom stereocenters. The van der Waals surface area contributed by atoms with Gasteiger partial charge in [-0.2, -0.15) is 0 Å². The number of carbonyl (C=O) groups excluding carboxylic acids is 1. The summed E-state index contributed by atoms with van der Waals surface area (Å²) in [5.74, 6) is 0.415. The lowest BCUT2D eigenvalue weighted by atomic mass is 10.2. The van der Waals surface area contributed by atoms with Crippen LogP contribution in [0.3, 0.4) is 0 Å². The predicted molar refractivity (Wildman–Crippen MR) is 84.6 cm³/mol. The molecule has 1 aromatic heterocycles. The lowest BCUT2D eigenvalue weighted by Gasteiger charge is -2.07. The summed E-state index contributed by atoms with van der Waals surface area (Å²) in [4.78, 5) is 20.3. The van der Waals surface area contributed by atoms with E-state index in [0.29, 0.717) is 24.7 Å². The molecule has 0 bridgehead atoms. The van der Waals surface area contributed by atoms with Crippen LogP contribution in [-0.4, -0.2) is 36.1 Å². The monoisotopic (exact) mass is 300 g/mol. The van der Waals surface area contributed by atoms with Gasteiger partial charge in [0.2, 0.25) is 0 Å². The van der Waals surface area contributed by atoms with Gasteiger partial charge in [-0.3, -0.25) is 4.79 Å². The first-order valence-corrected chi connectivity index (χ1v) is 7.16. The van der Waals surface area contributed by atoms with Crippen LogP contribution in [0.5, 0.6) is 0 Å². The van der Waals surface area contributed by atoms with Crippen molar-refractivity contribution in [1.29, 1.82) is 0 Å². The van der Waals surface area contributed by atoms with Gasteiger partial charge in [-0.15, -0.1) is 0 Å². The largest absolute Gasteiger partial charge is 0.385 e. The second kappa shape index (κ2) is 8.74. The average Bonchev–Trinajstić information content (AvgIpc) is 2.58. The number of aromatic nitrogens is 2. The third-order valence-electron chi connectivity index (χ3n) is 3.01. The Kier molecular flexibility index (Phi) is 6.32. The Morgan fingerprint density at radius 2 is 2.00 bits per heavy atom. The summed E-state index contributed by atoms with van der Waals surface area (Å²) >= 11 is 0. The van der Waals surface area contributed by atoms with Crippen molar-refractivity contribution >= 4 is 11.7 Å². The fourth-order valence-corrected chi connectivity index (χ4v) is 1.84. The first-order valence-electron chi connectivity index (χ1n) is 7.16. The van der Waals surface area contributed by atoms with Gasteiger partial charge >= 0.3 is 0 Å². The van der Waals surface area contributed by atoms with Crippen LogP contribution in [0.15, 0.2) is 42.7 Å². The maximum absolute atomic E-state index is 12.0. The van der Waals surface area contributed by atoms with Crippen molar-refractivity contribution in [1.82, 2.24) is 15.3 Å². The molecule has 1 amide bonds. The van der Waals surface area contributed by atoms with E-state index in [2.05, 4.69) is 20.6 Å². The topological polar surface area (TPSA) is 76.1 Å². The number of methoxy groups -OCH3 is 1. The fourth-order valence-electron chi connectivity index (χ4n) is 1.84. The zero-order chi connectivity index (χ0) is 15.6. The zero-order valence-electron chi connectivity index (χ0n) is 12.6. The molecular formula is C16H20N4O2. The molecule has 0 spiro atoms. The molecule has 0 aliphatic heterocycles. The molecule has 2 N–H and O–H groups in total. The molecule has 6 nitrogen and oxygen atoms in total. The summed E-state index contributed by atoms with van der Waals surface area (Å²) in [6.45, 7) is 1.92. The van der Waals surface area contributed by atoms with E-state index in [1.54, 1.807) is 13.3 Å². The molecule has 0 atom stereocenters. The molecule has 0 saturated heterocycles. The summed E-state index contributed by atoms with van der Waals surface area (Å²) in [6.07, 6.45) is 3.92. The Labute approximate surface area is 129 Å². The van der Waals surface area contributed by atoms with Crippen LogP contribution in [0.4, 0.5) is 5.82 Å². The number of rotatable bonds is 8. The number of hydrogen-bond acceptors (Lipinski definition) is 5. The number of benzene rings is 1. The molecule has 2 rings (SSSR count). The molecule has 0 fully saturated rings. The SMILES string of the molecule is COCCCNc1cnc(C(=O)NCc2ccccc2)cn1. The van der Waals surface area contributed by atoms with Crippen LogP contribution in [0.1, 0.15) is 22.5 Å². The van der Waals surface area contributed by atoms with E-state index < -0.39 is 0 Å². The van der Waals surface area contributed by atoms with Gasteiger partial charge in [0.25, 0.3) is 5.91 Å². The molecule has 0 aliphatic carbocycles. The van der Waals surface area contributed by atoms with E-state index in [1.165, 1.54) is 6.20 Å². The van der Waals surface area contributed by atoms with Crippen LogP contribution >= 0.6 is 0 Å². The van der Waals surface area contributed by atoms with E-state index in [0.717, 1.165) is 18.5 Å². The summed E-state index contributed by atoms with van der Waals surface area (Å²) in [5, 5.41) is 5.93. The molecule has 1 aromatic carbocycles. The number of nitrogens with zero attached hydrogens (tertiary/aromatic N) is 2. The first-order chi connectivity index (χ1) is 10.8. The molecule has 116 valence electrons. The van der Waals surface area contributed by atoms with Crippen LogP contribution in [0.25, 0.3) is 0 Å². The van der Waals surface area contributed by atoms with Gasteiger partial charge in [-0.1, -0.05) is 30.3 Å². The Balaban J connectivity index is 1.80. The molecule has 22 heavy (non-hydrogen) atoms. The highest BCUT2D eigenvalue weighted by Crippen LogP contribution is 2.02. The third kappa shape index (κ3) is 5.14. The van der Waals surface area contributed by atoms with E-state index in [-0.39, 0.29) is 5.91 Å². The summed E-state index contributed by atoms with van der Waals surface area (Å²) < 4.78 is 4.96. The van der Waals surface area contributed by atoms with Gasteiger partial charge in [0.1, 0.15) is 11.5 Å².